The molecule has 44 heavy (non-hydrogen) atoms. The van der Waals surface area contributed by atoms with Gasteiger partial charge in [-0.05, 0) is 78.6 Å². The number of allylic oxidation sites excluding steroid dienone is 1. The first-order chi connectivity index (χ1) is 21.4. The number of amides is 1. The lowest BCUT2D eigenvalue weighted by Gasteiger charge is -2.29. The summed E-state index contributed by atoms with van der Waals surface area (Å²) in [6, 6.07) is 28.9. The summed E-state index contributed by atoms with van der Waals surface area (Å²) in [7, 11) is 0. The predicted molar refractivity (Wildman–Crippen MR) is 178 cm³/mol. The molecule has 2 heterocycles. The van der Waals surface area contributed by atoms with Crippen LogP contribution in [0.2, 0.25) is 5.02 Å². The van der Waals surface area contributed by atoms with Gasteiger partial charge >= 0.3 is 0 Å². The highest BCUT2D eigenvalue weighted by Gasteiger charge is 2.34. The minimum absolute atomic E-state index is 0.121. The first-order valence-corrected chi connectivity index (χ1v) is 15.8. The molecule has 0 aliphatic carbocycles. The molecule has 8 heteroatoms. The van der Waals surface area contributed by atoms with Crippen molar-refractivity contribution in [3.8, 4) is 5.75 Å². The third kappa shape index (κ3) is 5.73. The average molecular weight is 622 g/mol. The number of halogens is 1. The van der Waals surface area contributed by atoms with Crippen LogP contribution < -0.4 is 19.6 Å². The van der Waals surface area contributed by atoms with Gasteiger partial charge < -0.3 is 9.64 Å². The molecule has 6 rings (SSSR count). The monoisotopic (exact) mass is 621 g/mol. The summed E-state index contributed by atoms with van der Waals surface area (Å²) in [5.74, 6) is 0.624. The van der Waals surface area contributed by atoms with Crippen LogP contribution >= 0.6 is 22.9 Å². The Morgan fingerprint density at radius 3 is 2.41 bits per heavy atom. The maximum atomic E-state index is 14.0. The summed E-state index contributed by atoms with van der Waals surface area (Å²) in [5.41, 5.74) is 3.72. The molecular weight excluding hydrogens is 590 g/mol. The molecule has 1 aromatic heterocycles. The van der Waals surface area contributed by atoms with Crippen molar-refractivity contribution in [1.82, 2.24) is 9.47 Å². The Balaban J connectivity index is 1.33. The van der Waals surface area contributed by atoms with E-state index in [1.807, 2.05) is 81.4 Å². The van der Waals surface area contributed by atoms with Gasteiger partial charge in [0.1, 0.15) is 12.4 Å². The topological polar surface area (TPSA) is 63.9 Å². The van der Waals surface area contributed by atoms with E-state index in [2.05, 4.69) is 24.3 Å². The van der Waals surface area contributed by atoms with Crippen molar-refractivity contribution >= 4 is 45.7 Å². The summed E-state index contributed by atoms with van der Waals surface area (Å²) in [5, 5.41) is 2.95. The van der Waals surface area contributed by atoms with E-state index < -0.39 is 6.04 Å². The van der Waals surface area contributed by atoms with E-state index in [-0.39, 0.29) is 11.5 Å². The Labute approximate surface area is 264 Å². The zero-order chi connectivity index (χ0) is 30.8. The number of benzene rings is 4. The van der Waals surface area contributed by atoms with Crippen LogP contribution in [0.4, 0.5) is 0 Å². The van der Waals surface area contributed by atoms with E-state index in [4.69, 9.17) is 21.3 Å². The number of hydrogen-bond acceptors (Lipinski definition) is 5. The molecule has 0 unspecified atom stereocenters. The Bertz CT molecular complexity index is 2050. The molecule has 0 N–H and O–H groups in total. The molecule has 1 atom stereocenters. The molecule has 0 saturated carbocycles. The molecule has 0 fully saturated rings. The van der Waals surface area contributed by atoms with Crippen molar-refractivity contribution in [2.24, 2.45) is 4.99 Å². The van der Waals surface area contributed by atoms with Crippen molar-refractivity contribution in [2.45, 2.75) is 33.4 Å². The minimum atomic E-state index is -0.608. The zero-order valence-electron chi connectivity index (χ0n) is 24.8. The highest BCUT2D eigenvalue weighted by Crippen LogP contribution is 2.32. The first kappa shape index (κ1) is 29.6. The minimum Gasteiger partial charge on any atom is -0.489 e. The number of rotatable bonds is 8. The molecule has 0 spiro atoms. The molecule has 4 aromatic carbocycles. The number of aromatic nitrogens is 1. The van der Waals surface area contributed by atoms with Crippen molar-refractivity contribution in [2.75, 3.05) is 13.1 Å². The SMILES string of the molecule is CCN(CC)C(=O)C1=C(C)N=c2s/c(=C/c3ccc(OCc4cccc5ccccc45)cc3)c(=O)n2[C@@H]1c1ccc(Cl)cc1. The van der Waals surface area contributed by atoms with Crippen molar-refractivity contribution in [3.05, 3.63) is 144 Å². The molecular formula is C36H32ClN3O3S. The summed E-state index contributed by atoms with van der Waals surface area (Å²) in [6.45, 7) is 7.32. The van der Waals surface area contributed by atoms with Crippen LogP contribution in [0.5, 0.6) is 5.75 Å². The van der Waals surface area contributed by atoms with Gasteiger partial charge in [-0.25, -0.2) is 4.99 Å². The summed E-state index contributed by atoms with van der Waals surface area (Å²) in [6.07, 6.45) is 1.86. The third-order valence-electron chi connectivity index (χ3n) is 7.94. The maximum absolute atomic E-state index is 14.0. The molecule has 6 nitrogen and oxygen atoms in total. The Morgan fingerprint density at radius 1 is 0.977 bits per heavy atom. The largest absolute Gasteiger partial charge is 0.489 e. The fraction of sp³-hybridized carbons (Fsp3) is 0.194. The highest BCUT2D eigenvalue weighted by molar-refractivity contribution is 7.07. The summed E-state index contributed by atoms with van der Waals surface area (Å²) < 4.78 is 8.29. The number of nitrogens with zero attached hydrogens (tertiary/aromatic N) is 3. The van der Waals surface area contributed by atoms with Gasteiger partial charge in [0.15, 0.2) is 4.80 Å². The van der Waals surface area contributed by atoms with Crippen LogP contribution in [-0.2, 0) is 11.4 Å². The lowest BCUT2D eigenvalue weighted by atomic mass is 9.94. The van der Waals surface area contributed by atoms with Gasteiger partial charge in [0.2, 0.25) is 0 Å². The van der Waals surface area contributed by atoms with Crippen LogP contribution in [-0.4, -0.2) is 28.5 Å². The smallest absolute Gasteiger partial charge is 0.271 e. The van der Waals surface area contributed by atoms with E-state index in [9.17, 15) is 9.59 Å². The van der Waals surface area contributed by atoms with Crippen molar-refractivity contribution < 1.29 is 9.53 Å². The number of carbonyl (C=O) groups excluding carboxylic acids is 1. The van der Waals surface area contributed by atoms with Crippen LogP contribution in [0.25, 0.3) is 16.8 Å². The Kier molecular flexibility index (Phi) is 8.51. The fourth-order valence-corrected chi connectivity index (χ4v) is 6.80. The molecule has 0 saturated heterocycles. The van der Waals surface area contributed by atoms with Gasteiger partial charge in [-0.3, -0.25) is 14.2 Å². The normalized spacial score (nSPS) is 14.8. The number of thiazole rings is 1. The van der Waals surface area contributed by atoms with Crippen LogP contribution in [0.1, 0.15) is 43.5 Å². The maximum Gasteiger partial charge on any atom is 0.271 e. The quantitative estimate of drug-likeness (QED) is 0.199. The van der Waals surface area contributed by atoms with Gasteiger partial charge in [0, 0.05) is 18.1 Å². The van der Waals surface area contributed by atoms with E-state index >= 15 is 0 Å². The van der Waals surface area contributed by atoms with Crippen LogP contribution in [0.3, 0.4) is 0 Å². The Hall–Kier alpha value is -4.46. The lowest BCUT2D eigenvalue weighted by molar-refractivity contribution is -0.127. The average Bonchev–Trinajstić information content (AvgIpc) is 3.34. The molecule has 1 aliphatic rings. The molecule has 1 aliphatic heterocycles. The van der Waals surface area contributed by atoms with E-state index in [1.165, 1.54) is 22.1 Å². The number of carbonyl (C=O) groups is 1. The fourth-order valence-electron chi connectivity index (χ4n) is 5.63. The number of ether oxygens (including phenoxy) is 1. The second kappa shape index (κ2) is 12.6. The van der Waals surface area contributed by atoms with Gasteiger partial charge in [-0.15, -0.1) is 0 Å². The van der Waals surface area contributed by atoms with Gasteiger partial charge in [-0.2, -0.15) is 0 Å². The lowest BCUT2D eigenvalue weighted by Crippen LogP contribution is -2.43. The van der Waals surface area contributed by atoms with Crippen molar-refractivity contribution in [3.63, 3.8) is 0 Å². The van der Waals surface area contributed by atoms with Gasteiger partial charge in [0.05, 0.1) is 21.8 Å². The van der Waals surface area contributed by atoms with Crippen LogP contribution in [0, 0.1) is 0 Å². The summed E-state index contributed by atoms with van der Waals surface area (Å²) in [4.78, 5) is 34.8. The molecule has 0 bridgehead atoms. The predicted octanol–water partition coefficient (Wildman–Crippen LogP) is 6.49. The zero-order valence-corrected chi connectivity index (χ0v) is 26.4. The van der Waals surface area contributed by atoms with Gasteiger partial charge in [0.25, 0.3) is 11.5 Å². The molecule has 5 aromatic rings. The molecule has 0 radical (unpaired) electrons. The van der Waals surface area contributed by atoms with E-state index in [0.29, 0.717) is 45.3 Å². The number of likely N-dealkylation sites (N-methyl/N-ethyl adjacent to an activating group) is 1. The highest BCUT2D eigenvalue weighted by atomic mass is 35.5. The molecule has 1 amide bonds. The van der Waals surface area contributed by atoms with Gasteiger partial charge in [-0.1, -0.05) is 89.7 Å². The molecule has 222 valence electrons. The van der Waals surface area contributed by atoms with Crippen molar-refractivity contribution in [1.29, 1.82) is 0 Å². The van der Waals surface area contributed by atoms with E-state index in [1.54, 1.807) is 21.6 Å². The number of fused-ring (bicyclic) bond motifs is 2. The standard InChI is InChI=1S/C36H32ClN3O3S/c1-4-39(5-2)35(42)32-23(3)38-36-40(33(32)26-15-17-28(37)18-16-26)34(41)31(44-36)21-24-13-19-29(20-14-24)43-22-27-11-8-10-25-9-6-7-12-30(25)27/h6-21,33H,4-5,22H2,1-3H3/b31-21+/t33-/m1/s1. The first-order valence-electron chi connectivity index (χ1n) is 14.6. The number of hydrogen-bond donors (Lipinski definition) is 0. The summed E-state index contributed by atoms with van der Waals surface area (Å²) >= 11 is 7.52. The third-order valence-corrected chi connectivity index (χ3v) is 9.18. The second-order valence-corrected chi connectivity index (χ2v) is 12.1. The van der Waals surface area contributed by atoms with Crippen LogP contribution in [0.15, 0.2) is 112 Å². The second-order valence-electron chi connectivity index (χ2n) is 10.6. The Morgan fingerprint density at radius 2 is 1.68 bits per heavy atom. The van der Waals surface area contributed by atoms with E-state index in [0.717, 1.165) is 22.4 Å².